The first-order valence-corrected chi connectivity index (χ1v) is 8.20. The molecule has 5 heteroatoms. The maximum atomic E-state index is 4.39. The summed E-state index contributed by atoms with van der Waals surface area (Å²) in [6, 6.07) is 11.1. The van der Waals surface area contributed by atoms with Gasteiger partial charge in [0.05, 0.1) is 0 Å². The number of nitrogens with one attached hydrogen (secondary N) is 1. The highest BCUT2D eigenvalue weighted by Gasteiger charge is 2.14. The minimum absolute atomic E-state index is 0. The number of aliphatic imine (C=N–C) groups is 1. The molecule has 0 aliphatic heterocycles. The van der Waals surface area contributed by atoms with Crippen molar-refractivity contribution in [1.82, 2.24) is 15.1 Å². The predicted octanol–water partition coefficient (Wildman–Crippen LogP) is 3.08. The number of unbranched alkanes of at least 4 members (excludes halogenated alkanes) is 1. The van der Waals surface area contributed by atoms with E-state index in [2.05, 4.69) is 78.5 Å². The zero-order valence-electron chi connectivity index (χ0n) is 15.2. The number of nitrogens with zero attached hydrogens (tertiary/aromatic N) is 3. The van der Waals surface area contributed by atoms with Crippen molar-refractivity contribution in [2.75, 3.05) is 41.3 Å². The second kappa shape index (κ2) is 12.6. The summed E-state index contributed by atoms with van der Waals surface area (Å²) in [5, 5.41) is 3.51. The molecule has 0 heterocycles. The Morgan fingerprint density at radius 2 is 1.83 bits per heavy atom. The predicted molar refractivity (Wildman–Crippen MR) is 112 cm³/mol. The average molecular weight is 432 g/mol. The van der Waals surface area contributed by atoms with Gasteiger partial charge in [0.25, 0.3) is 0 Å². The molecule has 1 atom stereocenters. The van der Waals surface area contributed by atoms with Crippen LogP contribution in [0.5, 0.6) is 0 Å². The number of hydrogen-bond acceptors (Lipinski definition) is 2. The molecule has 0 saturated carbocycles. The minimum atomic E-state index is 0. The second-order valence-electron chi connectivity index (χ2n) is 6.01. The Balaban J connectivity index is 0.00000484. The van der Waals surface area contributed by atoms with Gasteiger partial charge in [-0.05, 0) is 32.5 Å². The number of hydrogen-bond donors (Lipinski definition) is 1. The molecule has 0 amide bonds. The molecular weight excluding hydrogens is 399 g/mol. The molecule has 1 rings (SSSR count). The van der Waals surface area contributed by atoms with E-state index < -0.39 is 0 Å². The molecule has 0 spiro atoms. The van der Waals surface area contributed by atoms with E-state index in [4.69, 9.17) is 0 Å². The van der Waals surface area contributed by atoms with Crippen LogP contribution >= 0.6 is 24.0 Å². The summed E-state index contributed by atoms with van der Waals surface area (Å²) in [6.07, 6.45) is 3.44. The van der Waals surface area contributed by atoms with E-state index in [1.165, 1.54) is 18.4 Å². The molecule has 0 radical (unpaired) electrons. The number of rotatable bonds is 8. The Labute approximate surface area is 159 Å². The van der Waals surface area contributed by atoms with Crippen molar-refractivity contribution in [3.8, 4) is 0 Å². The van der Waals surface area contributed by atoms with Crippen molar-refractivity contribution in [3.05, 3.63) is 35.9 Å². The third-order valence-electron chi connectivity index (χ3n) is 3.96. The summed E-state index contributed by atoms with van der Waals surface area (Å²) in [6.45, 7) is 4.15. The Bertz CT molecular complexity index is 434. The molecular formula is C18H33IN4. The van der Waals surface area contributed by atoms with Gasteiger partial charge in [0, 0.05) is 33.2 Å². The third kappa shape index (κ3) is 8.55. The molecule has 4 nitrogen and oxygen atoms in total. The fourth-order valence-electron chi connectivity index (χ4n) is 2.42. The summed E-state index contributed by atoms with van der Waals surface area (Å²) < 4.78 is 0. The maximum Gasteiger partial charge on any atom is 0.193 e. The smallest absolute Gasteiger partial charge is 0.193 e. The van der Waals surface area contributed by atoms with E-state index in [1.807, 2.05) is 7.05 Å². The number of guanidine groups is 1. The van der Waals surface area contributed by atoms with Gasteiger partial charge in [0.15, 0.2) is 5.96 Å². The SMILES string of the molecule is CCCCN(C)C(=NC)NCC(Cc1ccccc1)N(C)C.I. The van der Waals surface area contributed by atoms with Gasteiger partial charge in [-0.2, -0.15) is 0 Å². The van der Waals surface area contributed by atoms with E-state index in [1.54, 1.807) is 0 Å². The molecule has 1 aromatic rings. The summed E-state index contributed by atoms with van der Waals surface area (Å²) in [5.41, 5.74) is 1.37. The van der Waals surface area contributed by atoms with Crippen LogP contribution in [0.2, 0.25) is 0 Å². The molecule has 0 bridgehead atoms. The van der Waals surface area contributed by atoms with Gasteiger partial charge >= 0.3 is 0 Å². The zero-order chi connectivity index (χ0) is 16.4. The second-order valence-corrected chi connectivity index (χ2v) is 6.01. The highest BCUT2D eigenvalue weighted by Crippen LogP contribution is 2.06. The van der Waals surface area contributed by atoms with Crippen LogP contribution in [0.1, 0.15) is 25.3 Å². The number of likely N-dealkylation sites (N-methyl/N-ethyl adjacent to an activating group) is 1. The Hall–Kier alpha value is -0.820. The van der Waals surface area contributed by atoms with Crippen molar-refractivity contribution < 1.29 is 0 Å². The van der Waals surface area contributed by atoms with E-state index in [9.17, 15) is 0 Å². The standard InChI is InChI=1S/C18H32N4.HI/c1-6-7-13-22(5)18(19-2)20-15-17(21(3)4)14-16-11-9-8-10-12-16;/h8-12,17H,6-7,13-15H2,1-5H3,(H,19,20);1H. The molecule has 23 heavy (non-hydrogen) atoms. The molecule has 0 aromatic heterocycles. The Morgan fingerprint density at radius 3 is 2.35 bits per heavy atom. The van der Waals surface area contributed by atoms with Crippen LogP contribution in [0.15, 0.2) is 35.3 Å². The van der Waals surface area contributed by atoms with Crippen LogP contribution < -0.4 is 5.32 Å². The van der Waals surface area contributed by atoms with E-state index in [-0.39, 0.29) is 24.0 Å². The lowest BCUT2D eigenvalue weighted by Gasteiger charge is -2.28. The summed E-state index contributed by atoms with van der Waals surface area (Å²) in [4.78, 5) is 8.88. The monoisotopic (exact) mass is 432 g/mol. The molecule has 0 aliphatic carbocycles. The first-order valence-electron chi connectivity index (χ1n) is 8.20. The van der Waals surface area contributed by atoms with Crippen LogP contribution in [-0.2, 0) is 6.42 Å². The van der Waals surface area contributed by atoms with Gasteiger partial charge < -0.3 is 15.1 Å². The van der Waals surface area contributed by atoms with Crippen molar-refractivity contribution >= 4 is 29.9 Å². The highest BCUT2D eigenvalue weighted by atomic mass is 127. The van der Waals surface area contributed by atoms with Gasteiger partial charge in [-0.3, -0.25) is 4.99 Å². The number of halogens is 1. The molecule has 132 valence electrons. The first kappa shape index (κ1) is 22.2. The van der Waals surface area contributed by atoms with Crippen LogP contribution in [0.3, 0.4) is 0 Å². The maximum absolute atomic E-state index is 4.39. The van der Waals surface area contributed by atoms with Gasteiger partial charge in [-0.15, -0.1) is 24.0 Å². The fraction of sp³-hybridized carbons (Fsp3) is 0.611. The van der Waals surface area contributed by atoms with Crippen LogP contribution in [0.25, 0.3) is 0 Å². The summed E-state index contributed by atoms with van der Waals surface area (Å²) in [7, 11) is 8.23. The lowest BCUT2D eigenvalue weighted by molar-refractivity contribution is 0.288. The van der Waals surface area contributed by atoms with Gasteiger partial charge in [0.1, 0.15) is 0 Å². The zero-order valence-corrected chi connectivity index (χ0v) is 17.6. The molecule has 1 aromatic carbocycles. The fourth-order valence-corrected chi connectivity index (χ4v) is 2.42. The lowest BCUT2D eigenvalue weighted by Crippen LogP contribution is -2.46. The van der Waals surface area contributed by atoms with Gasteiger partial charge in [-0.1, -0.05) is 43.7 Å². The quantitative estimate of drug-likeness (QED) is 0.389. The Morgan fingerprint density at radius 1 is 1.17 bits per heavy atom. The molecule has 0 saturated heterocycles. The Kier molecular flexibility index (Phi) is 12.1. The van der Waals surface area contributed by atoms with Gasteiger partial charge in [0.2, 0.25) is 0 Å². The molecule has 0 aliphatic rings. The number of benzene rings is 1. The topological polar surface area (TPSA) is 30.9 Å². The van der Waals surface area contributed by atoms with E-state index in [0.29, 0.717) is 6.04 Å². The molecule has 1 unspecified atom stereocenters. The van der Waals surface area contributed by atoms with Crippen LogP contribution in [-0.4, -0.2) is 63.1 Å². The van der Waals surface area contributed by atoms with E-state index in [0.717, 1.165) is 25.5 Å². The first-order chi connectivity index (χ1) is 10.6. The van der Waals surface area contributed by atoms with Crippen molar-refractivity contribution in [2.45, 2.75) is 32.2 Å². The third-order valence-corrected chi connectivity index (χ3v) is 3.96. The average Bonchev–Trinajstić information content (AvgIpc) is 2.53. The minimum Gasteiger partial charge on any atom is -0.355 e. The van der Waals surface area contributed by atoms with Gasteiger partial charge in [-0.25, -0.2) is 0 Å². The molecule has 0 fully saturated rings. The largest absolute Gasteiger partial charge is 0.355 e. The molecule has 1 N–H and O–H groups in total. The van der Waals surface area contributed by atoms with Crippen molar-refractivity contribution in [2.24, 2.45) is 4.99 Å². The highest BCUT2D eigenvalue weighted by molar-refractivity contribution is 14.0. The van der Waals surface area contributed by atoms with E-state index >= 15 is 0 Å². The normalized spacial score (nSPS) is 12.7. The van der Waals surface area contributed by atoms with Crippen LogP contribution in [0, 0.1) is 0 Å². The summed E-state index contributed by atoms with van der Waals surface area (Å²) in [5.74, 6) is 0.980. The van der Waals surface area contributed by atoms with Crippen molar-refractivity contribution in [1.29, 1.82) is 0 Å². The van der Waals surface area contributed by atoms with Crippen molar-refractivity contribution in [3.63, 3.8) is 0 Å². The van der Waals surface area contributed by atoms with Crippen LogP contribution in [0.4, 0.5) is 0 Å². The lowest BCUT2D eigenvalue weighted by atomic mass is 10.1. The summed E-state index contributed by atoms with van der Waals surface area (Å²) >= 11 is 0.